The van der Waals surface area contributed by atoms with Crippen LogP contribution in [0.5, 0.6) is 0 Å². The zero-order valence-electron chi connectivity index (χ0n) is 10.2. The van der Waals surface area contributed by atoms with Crippen molar-refractivity contribution in [2.24, 2.45) is 29.6 Å². The molecule has 2 fully saturated rings. The molecule has 0 aromatic carbocycles. The van der Waals surface area contributed by atoms with Crippen LogP contribution in [0.3, 0.4) is 0 Å². The zero-order valence-corrected chi connectivity index (χ0v) is 11.8. The van der Waals surface area contributed by atoms with Gasteiger partial charge in [0.25, 0.3) is 0 Å². The van der Waals surface area contributed by atoms with Crippen LogP contribution in [0.15, 0.2) is 0 Å². The second kappa shape index (κ2) is 5.21. The van der Waals surface area contributed by atoms with Gasteiger partial charge in [0.15, 0.2) is 0 Å². The normalized spacial score (nSPS) is 36.4. The summed E-state index contributed by atoms with van der Waals surface area (Å²) in [5.74, 6) is 5.13. The third-order valence-corrected chi connectivity index (χ3v) is 5.46. The lowest BCUT2D eigenvalue weighted by molar-refractivity contribution is 0.261. The van der Waals surface area contributed by atoms with Crippen molar-refractivity contribution in [2.75, 3.05) is 5.33 Å². The fourth-order valence-electron chi connectivity index (χ4n) is 3.98. The Bertz CT molecular complexity index is 200. The van der Waals surface area contributed by atoms with Crippen LogP contribution in [0.1, 0.15) is 52.4 Å². The van der Waals surface area contributed by atoms with Gasteiger partial charge in [0.05, 0.1) is 0 Å². The molecule has 0 heterocycles. The molecule has 0 radical (unpaired) electrons. The summed E-state index contributed by atoms with van der Waals surface area (Å²) in [5, 5.41) is 1.22. The molecule has 0 aromatic heterocycles. The first-order valence-electron chi connectivity index (χ1n) is 6.75. The van der Waals surface area contributed by atoms with Gasteiger partial charge >= 0.3 is 0 Å². The molecule has 4 unspecified atom stereocenters. The standard InChI is InChI=1S/C14H25Br/c1-10(2)5-12(9-15)8-14-7-11-3-4-13(14)6-11/h10-14H,3-9H2,1-2H3. The Morgan fingerprint density at radius 2 is 2.00 bits per heavy atom. The number of halogens is 1. The Labute approximate surface area is 103 Å². The van der Waals surface area contributed by atoms with Crippen molar-refractivity contribution in [3.8, 4) is 0 Å². The largest absolute Gasteiger partial charge is 0.0925 e. The van der Waals surface area contributed by atoms with Gasteiger partial charge in [0.2, 0.25) is 0 Å². The topological polar surface area (TPSA) is 0 Å². The molecular weight excluding hydrogens is 248 g/mol. The van der Waals surface area contributed by atoms with Crippen molar-refractivity contribution < 1.29 is 0 Å². The fraction of sp³-hybridized carbons (Fsp3) is 1.00. The van der Waals surface area contributed by atoms with Gasteiger partial charge < -0.3 is 0 Å². The van der Waals surface area contributed by atoms with Crippen molar-refractivity contribution in [2.45, 2.75) is 52.4 Å². The van der Waals surface area contributed by atoms with Crippen LogP contribution in [0, 0.1) is 29.6 Å². The molecule has 0 N–H and O–H groups in total. The van der Waals surface area contributed by atoms with E-state index in [1.165, 1.54) is 18.2 Å². The predicted molar refractivity (Wildman–Crippen MR) is 70.3 cm³/mol. The van der Waals surface area contributed by atoms with Crippen molar-refractivity contribution in [3.63, 3.8) is 0 Å². The highest BCUT2D eigenvalue weighted by atomic mass is 79.9. The van der Waals surface area contributed by atoms with E-state index in [1.54, 1.807) is 25.7 Å². The number of hydrogen-bond acceptors (Lipinski definition) is 0. The van der Waals surface area contributed by atoms with E-state index in [0.717, 1.165) is 29.6 Å². The lowest BCUT2D eigenvalue weighted by Crippen LogP contribution is -2.17. The van der Waals surface area contributed by atoms with E-state index in [1.807, 2.05) is 0 Å². The first-order chi connectivity index (χ1) is 7.19. The van der Waals surface area contributed by atoms with Crippen LogP contribution in [-0.2, 0) is 0 Å². The maximum absolute atomic E-state index is 3.70. The summed E-state index contributed by atoms with van der Waals surface area (Å²) in [4.78, 5) is 0. The molecule has 0 nitrogen and oxygen atoms in total. The summed E-state index contributed by atoms with van der Waals surface area (Å²) >= 11 is 3.70. The molecule has 2 bridgehead atoms. The smallest absolute Gasteiger partial charge is 0.00598 e. The Hall–Kier alpha value is 0.480. The van der Waals surface area contributed by atoms with Gasteiger partial charge in [-0.2, -0.15) is 0 Å². The van der Waals surface area contributed by atoms with Crippen molar-refractivity contribution in [3.05, 3.63) is 0 Å². The van der Waals surface area contributed by atoms with Gasteiger partial charge in [-0.1, -0.05) is 36.2 Å². The Morgan fingerprint density at radius 3 is 2.47 bits per heavy atom. The number of hydrogen-bond donors (Lipinski definition) is 0. The Kier molecular flexibility index (Phi) is 4.15. The molecule has 4 atom stereocenters. The summed E-state index contributed by atoms with van der Waals surface area (Å²) < 4.78 is 0. The number of rotatable bonds is 5. The lowest BCUT2D eigenvalue weighted by atomic mass is 9.80. The van der Waals surface area contributed by atoms with Gasteiger partial charge in [0.1, 0.15) is 0 Å². The predicted octanol–water partition coefficient (Wildman–Crippen LogP) is 4.87. The minimum atomic E-state index is 0.867. The van der Waals surface area contributed by atoms with Crippen LogP contribution >= 0.6 is 15.9 Å². The average molecular weight is 273 g/mol. The Morgan fingerprint density at radius 1 is 1.20 bits per heavy atom. The van der Waals surface area contributed by atoms with E-state index >= 15 is 0 Å². The van der Waals surface area contributed by atoms with Gasteiger partial charge in [0, 0.05) is 5.33 Å². The van der Waals surface area contributed by atoms with Crippen molar-refractivity contribution in [1.29, 1.82) is 0 Å². The third-order valence-electron chi connectivity index (χ3n) is 4.54. The van der Waals surface area contributed by atoms with Crippen LogP contribution in [-0.4, -0.2) is 5.33 Å². The summed E-state index contributed by atoms with van der Waals surface area (Å²) in [6, 6.07) is 0. The highest BCUT2D eigenvalue weighted by Gasteiger charge is 2.39. The summed E-state index contributed by atoms with van der Waals surface area (Å²) in [7, 11) is 0. The molecule has 0 aromatic rings. The maximum atomic E-state index is 3.70. The van der Waals surface area contributed by atoms with E-state index in [0.29, 0.717) is 0 Å². The minimum Gasteiger partial charge on any atom is -0.0925 e. The molecule has 1 heteroatoms. The van der Waals surface area contributed by atoms with Crippen LogP contribution in [0.25, 0.3) is 0 Å². The molecule has 15 heavy (non-hydrogen) atoms. The highest BCUT2D eigenvalue weighted by molar-refractivity contribution is 9.09. The molecule has 2 aliphatic carbocycles. The molecule has 2 rings (SSSR count). The average Bonchev–Trinajstić information content (AvgIpc) is 2.77. The summed E-state index contributed by atoms with van der Waals surface area (Å²) in [6.07, 6.45) is 9.15. The van der Waals surface area contributed by atoms with Crippen LogP contribution in [0.2, 0.25) is 0 Å². The van der Waals surface area contributed by atoms with Gasteiger partial charge in [-0.05, 0) is 61.7 Å². The molecule has 2 aliphatic rings. The zero-order chi connectivity index (χ0) is 10.8. The minimum absolute atomic E-state index is 0.867. The van der Waals surface area contributed by atoms with Crippen molar-refractivity contribution >= 4 is 15.9 Å². The quantitative estimate of drug-likeness (QED) is 0.627. The maximum Gasteiger partial charge on any atom is 0.00598 e. The van der Waals surface area contributed by atoms with Crippen LogP contribution < -0.4 is 0 Å². The second-order valence-corrected chi connectivity index (χ2v) is 6.97. The first kappa shape index (κ1) is 12.0. The summed E-state index contributed by atoms with van der Waals surface area (Å²) in [6.45, 7) is 4.72. The lowest BCUT2D eigenvalue weighted by Gasteiger charge is -2.26. The molecule has 0 saturated heterocycles. The molecular formula is C14H25Br. The van der Waals surface area contributed by atoms with Crippen molar-refractivity contribution in [1.82, 2.24) is 0 Å². The van der Waals surface area contributed by atoms with Gasteiger partial charge in [-0.25, -0.2) is 0 Å². The summed E-state index contributed by atoms with van der Waals surface area (Å²) in [5.41, 5.74) is 0. The fourth-order valence-corrected chi connectivity index (χ4v) is 4.51. The molecule has 2 saturated carbocycles. The number of fused-ring (bicyclic) bond motifs is 2. The third kappa shape index (κ3) is 2.99. The van der Waals surface area contributed by atoms with E-state index in [-0.39, 0.29) is 0 Å². The number of alkyl halides is 1. The Balaban J connectivity index is 1.79. The van der Waals surface area contributed by atoms with Gasteiger partial charge in [-0.3, -0.25) is 0 Å². The second-order valence-electron chi connectivity index (χ2n) is 6.32. The van der Waals surface area contributed by atoms with Gasteiger partial charge in [-0.15, -0.1) is 0 Å². The molecule has 0 amide bonds. The van der Waals surface area contributed by atoms with E-state index in [9.17, 15) is 0 Å². The van der Waals surface area contributed by atoms with E-state index in [4.69, 9.17) is 0 Å². The SMILES string of the molecule is CC(C)CC(CBr)CC1CC2CCC1C2. The monoisotopic (exact) mass is 272 g/mol. The molecule has 88 valence electrons. The van der Waals surface area contributed by atoms with E-state index < -0.39 is 0 Å². The molecule has 0 spiro atoms. The highest BCUT2D eigenvalue weighted by Crippen LogP contribution is 2.50. The molecule has 0 aliphatic heterocycles. The van der Waals surface area contributed by atoms with Crippen LogP contribution in [0.4, 0.5) is 0 Å². The first-order valence-corrected chi connectivity index (χ1v) is 7.87. The van der Waals surface area contributed by atoms with E-state index in [2.05, 4.69) is 29.8 Å².